The number of benzene rings is 1. The summed E-state index contributed by atoms with van der Waals surface area (Å²) in [4.78, 5) is 0. The molecule has 3 unspecified atom stereocenters. The molecule has 0 radical (unpaired) electrons. The van der Waals surface area contributed by atoms with Crippen molar-refractivity contribution in [1.82, 2.24) is 5.43 Å². The lowest BCUT2D eigenvalue weighted by Crippen LogP contribution is -2.34. The summed E-state index contributed by atoms with van der Waals surface area (Å²) in [7, 11) is 1.71. The smallest absolute Gasteiger partial charge is 0.123 e. The largest absolute Gasteiger partial charge is 0.496 e. The molecule has 3 heteroatoms. The average molecular weight is 234 g/mol. The second kappa shape index (κ2) is 5.52. The van der Waals surface area contributed by atoms with Gasteiger partial charge in [-0.2, -0.15) is 0 Å². The monoisotopic (exact) mass is 234 g/mol. The third-order valence-corrected chi connectivity index (χ3v) is 4.01. The summed E-state index contributed by atoms with van der Waals surface area (Å²) in [5, 5.41) is 0. The molecule has 1 fully saturated rings. The third-order valence-electron chi connectivity index (χ3n) is 4.01. The molecule has 0 aliphatic heterocycles. The van der Waals surface area contributed by atoms with Crippen molar-refractivity contribution in [3.8, 4) is 5.75 Å². The van der Waals surface area contributed by atoms with E-state index in [2.05, 4.69) is 18.4 Å². The molecule has 17 heavy (non-hydrogen) atoms. The number of nitrogens with one attached hydrogen (secondary N) is 1. The summed E-state index contributed by atoms with van der Waals surface area (Å²) in [6, 6.07) is 8.34. The number of hydrogen-bond acceptors (Lipinski definition) is 3. The standard InChI is InChI=1S/C14H22N2O/c1-10-6-5-8-11(10)14(16-15)12-7-3-4-9-13(12)17-2/h3-4,7,9-11,14,16H,5-6,8,15H2,1-2H3. The van der Waals surface area contributed by atoms with E-state index < -0.39 is 0 Å². The average Bonchev–Trinajstić information content (AvgIpc) is 2.78. The van der Waals surface area contributed by atoms with E-state index in [1.165, 1.54) is 24.8 Å². The van der Waals surface area contributed by atoms with Gasteiger partial charge in [0, 0.05) is 5.56 Å². The normalized spacial score (nSPS) is 25.8. The molecule has 1 aliphatic carbocycles. The van der Waals surface area contributed by atoms with E-state index in [4.69, 9.17) is 10.6 Å². The van der Waals surface area contributed by atoms with E-state index >= 15 is 0 Å². The van der Waals surface area contributed by atoms with Crippen LogP contribution in [-0.4, -0.2) is 7.11 Å². The zero-order chi connectivity index (χ0) is 12.3. The van der Waals surface area contributed by atoms with Gasteiger partial charge in [-0.1, -0.05) is 38.0 Å². The summed E-state index contributed by atoms with van der Waals surface area (Å²) in [5.74, 6) is 8.02. The van der Waals surface area contributed by atoms with Crippen LogP contribution in [-0.2, 0) is 0 Å². The zero-order valence-corrected chi connectivity index (χ0v) is 10.6. The van der Waals surface area contributed by atoms with E-state index in [1.807, 2.05) is 18.2 Å². The SMILES string of the molecule is COc1ccccc1C(NN)C1CCCC1C. The highest BCUT2D eigenvalue weighted by atomic mass is 16.5. The molecule has 0 aromatic heterocycles. The van der Waals surface area contributed by atoms with Gasteiger partial charge in [0.15, 0.2) is 0 Å². The van der Waals surface area contributed by atoms with Crippen LogP contribution in [0.15, 0.2) is 24.3 Å². The van der Waals surface area contributed by atoms with E-state index in [0.717, 1.165) is 11.7 Å². The molecule has 1 aliphatic rings. The van der Waals surface area contributed by atoms with Crippen LogP contribution in [0.4, 0.5) is 0 Å². The van der Waals surface area contributed by atoms with Gasteiger partial charge in [0.25, 0.3) is 0 Å². The fourth-order valence-electron chi connectivity index (χ4n) is 3.04. The van der Waals surface area contributed by atoms with Gasteiger partial charge in [-0.3, -0.25) is 11.3 Å². The van der Waals surface area contributed by atoms with Crippen LogP contribution < -0.4 is 16.0 Å². The molecule has 2 rings (SSSR count). The van der Waals surface area contributed by atoms with Crippen molar-refractivity contribution in [3.63, 3.8) is 0 Å². The quantitative estimate of drug-likeness (QED) is 0.622. The van der Waals surface area contributed by atoms with E-state index in [1.54, 1.807) is 7.11 Å². The molecule has 1 saturated carbocycles. The lowest BCUT2D eigenvalue weighted by Gasteiger charge is -2.27. The molecule has 0 bridgehead atoms. The van der Waals surface area contributed by atoms with Crippen molar-refractivity contribution < 1.29 is 4.74 Å². The molecule has 0 saturated heterocycles. The van der Waals surface area contributed by atoms with Crippen molar-refractivity contribution in [1.29, 1.82) is 0 Å². The summed E-state index contributed by atoms with van der Waals surface area (Å²) in [5.41, 5.74) is 4.16. The molecule has 3 N–H and O–H groups in total. The molecular weight excluding hydrogens is 212 g/mol. The first-order valence-electron chi connectivity index (χ1n) is 6.37. The van der Waals surface area contributed by atoms with Gasteiger partial charge in [-0.05, 0) is 24.3 Å². The van der Waals surface area contributed by atoms with Gasteiger partial charge in [0.1, 0.15) is 5.75 Å². The Labute approximate surface area is 103 Å². The van der Waals surface area contributed by atoms with Crippen LogP contribution in [0.3, 0.4) is 0 Å². The molecule has 0 spiro atoms. The maximum atomic E-state index is 5.76. The first-order valence-corrected chi connectivity index (χ1v) is 6.37. The van der Waals surface area contributed by atoms with Crippen molar-refractivity contribution in [2.45, 2.75) is 32.2 Å². The van der Waals surface area contributed by atoms with Crippen molar-refractivity contribution in [2.75, 3.05) is 7.11 Å². The van der Waals surface area contributed by atoms with Gasteiger partial charge >= 0.3 is 0 Å². The van der Waals surface area contributed by atoms with Crippen LogP contribution in [0.25, 0.3) is 0 Å². The Kier molecular flexibility index (Phi) is 4.02. The van der Waals surface area contributed by atoms with Gasteiger partial charge in [0.2, 0.25) is 0 Å². The number of hydrazine groups is 1. The second-order valence-corrected chi connectivity index (χ2v) is 4.96. The van der Waals surface area contributed by atoms with Gasteiger partial charge in [-0.15, -0.1) is 0 Å². The first-order chi connectivity index (χ1) is 8.27. The zero-order valence-electron chi connectivity index (χ0n) is 10.6. The Hall–Kier alpha value is -1.06. The summed E-state index contributed by atoms with van der Waals surface area (Å²) >= 11 is 0. The lowest BCUT2D eigenvalue weighted by atomic mass is 9.86. The number of rotatable bonds is 4. The fourth-order valence-corrected chi connectivity index (χ4v) is 3.04. The third kappa shape index (κ3) is 2.45. The predicted molar refractivity (Wildman–Crippen MR) is 69.6 cm³/mol. The second-order valence-electron chi connectivity index (χ2n) is 4.96. The minimum atomic E-state index is 0.198. The van der Waals surface area contributed by atoms with E-state index in [9.17, 15) is 0 Å². The number of methoxy groups -OCH3 is 1. The minimum Gasteiger partial charge on any atom is -0.496 e. The summed E-state index contributed by atoms with van der Waals surface area (Å²) < 4.78 is 5.43. The Morgan fingerprint density at radius 2 is 2.12 bits per heavy atom. The van der Waals surface area contributed by atoms with Crippen LogP contribution in [0.1, 0.15) is 37.8 Å². The number of nitrogens with two attached hydrogens (primary N) is 1. The van der Waals surface area contributed by atoms with E-state index in [-0.39, 0.29) is 6.04 Å². The van der Waals surface area contributed by atoms with Gasteiger partial charge < -0.3 is 4.74 Å². The predicted octanol–water partition coefficient (Wildman–Crippen LogP) is 2.64. The van der Waals surface area contributed by atoms with Crippen molar-refractivity contribution >= 4 is 0 Å². The lowest BCUT2D eigenvalue weighted by molar-refractivity contribution is 0.295. The number of ether oxygens (including phenoxy) is 1. The molecular formula is C14H22N2O. The van der Waals surface area contributed by atoms with E-state index in [0.29, 0.717) is 5.92 Å². The molecule has 3 atom stereocenters. The molecule has 0 amide bonds. The van der Waals surface area contributed by atoms with Gasteiger partial charge in [-0.25, -0.2) is 0 Å². The summed E-state index contributed by atoms with van der Waals surface area (Å²) in [6.45, 7) is 2.32. The molecule has 1 aromatic carbocycles. The van der Waals surface area contributed by atoms with Crippen LogP contribution >= 0.6 is 0 Å². The fraction of sp³-hybridized carbons (Fsp3) is 0.571. The molecule has 1 aromatic rings. The van der Waals surface area contributed by atoms with Crippen LogP contribution in [0.5, 0.6) is 5.75 Å². The Morgan fingerprint density at radius 3 is 2.71 bits per heavy atom. The van der Waals surface area contributed by atoms with Crippen molar-refractivity contribution in [3.05, 3.63) is 29.8 Å². The molecule has 3 nitrogen and oxygen atoms in total. The molecule has 94 valence electrons. The van der Waals surface area contributed by atoms with Crippen LogP contribution in [0.2, 0.25) is 0 Å². The van der Waals surface area contributed by atoms with Gasteiger partial charge in [0.05, 0.1) is 13.2 Å². The minimum absolute atomic E-state index is 0.198. The topological polar surface area (TPSA) is 47.3 Å². The Bertz CT molecular complexity index is 367. The number of para-hydroxylation sites is 1. The molecule has 0 heterocycles. The highest BCUT2D eigenvalue weighted by Crippen LogP contribution is 2.41. The van der Waals surface area contributed by atoms with Crippen LogP contribution in [0, 0.1) is 11.8 Å². The van der Waals surface area contributed by atoms with Crippen molar-refractivity contribution in [2.24, 2.45) is 17.7 Å². The highest BCUT2D eigenvalue weighted by Gasteiger charge is 2.32. The number of hydrogen-bond donors (Lipinski definition) is 2. The first kappa shape index (κ1) is 12.4. The highest BCUT2D eigenvalue weighted by molar-refractivity contribution is 5.36. The Morgan fingerprint density at radius 1 is 1.35 bits per heavy atom. The maximum Gasteiger partial charge on any atom is 0.123 e. The summed E-state index contributed by atoms with van der Waals surface area (Å²) in [6.07, 6.45) is 3.85. The Balaban J connectivity index is 2.28. The maximum absolute atomic E-state index is 5.76.